The van der Waals surface area contributed by atoms with Gasteiger partial charge >= 0.3 is 6.98 Å². The molecule has 0 saturated carbocycles. The van der Waals surface area contributed by atoms with Gasteiger partial charge < -0.3 is 27.2 Å². The fraction of sp³-hybridized carbons (Fsp3) is 0.500. The molecule has 19 heavy (non-hydrogen) atoms. The summed E-state index contributed by atoms with van der Waals surface area (Å²) in [7, 11) is 1.33. The summed E-state index contributed by atoms with van der Waals surface area (Å²) in [5.74, 6) is 0.0187. The topological polar surface area (TPSA) is 27.7 Å². The van der Waals surface area contributed by atoms with Crippen molar-refractivity contribution in [3.8, 4) is 11.5 Å². The van der Waals surface area contributed by atoms with E-state index in [2.05, 4.69) is 0 Å². The Morgan fingerprint density at radius 2 is 2.11 bits per heavy atom. The van der Waals surface area contributed by atoms with Gasteiger partial charge in [-0.1, -0.05) is 5.46 Å². The molecule has 0 radical (unpaired) electrons. The van der Waals surface area contributed by atoms with Gasteiger partial charge in [0.2, 0.25) is 0 Å². The lowest BCUT2D eigenvalue weighted by molar-refractivity contribution is 0.00774. The Bertz CT molecular complexity index is 431. The van der Waals surface area contributed by atoms with E-state index in [1.165, 1.54) is 19.2 Å². The molecule has 0 aromatic heterocycles. The van der Waals surface area contributed by atoms with E-state index in [9.17, 15) is 12.9 Å². The first-order valence-corrected chi connectivity index (χ1v) is 6.13. The number of halogens is 3. The third kappa shape index (κ3) is 3.56. The molecular formula is C12H15BF3O3-. The predicted molar refractivity (Wildman–Crippen MR) is 66.2 cm³/mol. The number of benzene rings is 1. The van der Waals surface area contributed by atoms with E-state index in [1.54, 1.807) is 0 Å². The number of hydrogen-bond acceptors (Lipinski definition) is 3. The van der Waals surface area contributed by atoms with Crippen molar-refractivity contribution in [2.45, 2.75) is 18.9 Å². The molecule has 1 atom stereocenters. The molecular weight excluding hydrogens is 260 g/mol. The minimum absolute atomic E-state index is 0.149. The van der Waals surface area contributed by atoms with Crippen molar-refractivity contribution < 1.29 is 27.2 Å². The summed E-state index contributed by atoms with van der Waals surface area (Å²) in [5, 5.41) is 0. The lowest BCUT2D eigenvalue weighted by atomic mass is 9.79. The lowest BCUT2D eigenvalue weighted by Crippen LogP contribution is -2.38. The molecule has 2 rings (SSSR count). The molecule has 0 spiro atoms. The van der Waals surface area contributed by atoms with Crippen molar-refractivity contribution in [2.24, 2.45) is 0 Å². The summed E-state index contributed by atoms with van der Waals surface area (Å²) >= 11 is 0. The second-order valence-corrected chi connectivity index (χ2v) is 4.44. The highest BCUT2D eigenvalue weighted by atomic mass is 19.4. The van der Waals surface area contributed by atoms with Gasteiger partial charge in [0.25, 0.3) is 0 Å². The van der Waals surface area contributed by atoms with Gasteiger partial charge in [-0.15, -0.1) is 0 Å². The summed E-state index contributed by atoms with van der Waals surface area (Å²) in [6, 6.07) is 3.74. The summed E-state index contributed by atoms with van der Waals surface area (Å²) < 4.78 is 54.5. The molecule has 1 aliphatic heterocycles. The summed E-state index contributed by atoms with van der Waals surface area (Å²) in [6.07, 6.45) is 1.18. The summed E-state index contributed by atoms with van der Waals surface area (Å²) in [4.78, 5) is 0. The molecule has 0 bridgehead atoms. The van der Waals surface area contributed by atoms with Gasteiger partial charge in [-0.25, -0.2) is 0 Å². The van der Waals surface area contributed by atoms with Crippen LogP contribution in [0.2, 0.25) is 0 Å². The normalized spacial score (nSPS) is 20.1. The van der Waals surface area contributed by atoms with Crippen LogP contribution in [0, 0.1) is 0 Å². The fourth-order valence-electron chi connectivity index (χ4n) is 2.00. The van der Waals surface area contributed by atoms with Crippen molar-refractivity contribution >= 4 is 12.4 Å². The summed E-state index contributed by atoms with van der Waals surface area (Å²) in [5.41, 5.74) is -0.759. The van der Waals surface area contributed by atoms with Gasteiger partial charge in [-0.3, -0.25) is 0 Å². The van der Waals surface area contributed by atoms with Crippen molar-refractivity contribution in [3.05, 3.63) is 18.2 Å². The molecule has 3 nitrogen and oxygen atoms in total. The molecule has 0 aliphatic carbocycles. The van der Waals surface area contributed by atoms with Gasteiger partial charge in [0, 0.05) is 6.61 Å². The SMILES string of the molecule is COc1ccc(OC2CCCOC2)c([B-](F)(F)F)c1. The third-order valence-corrected chi connectivity index (χ3v) is 2.98. The molecule has 1 unspecified atom stereocenters. The maximum atomic E-state index is 13.0. The van der Waals surface area contributed by atoms with E-state index in [-0.39, 0.29) is 17.6 Å². The van der Waals surface area contributed by atoms with Crippen LogP contribution in [0.4, 0.5) is 12.9 Å². The maximum absolute atomic E-state index is 13.0. The summed E-state index contributed by atoms with van der Waals surface area (Å²) in [6.45, 7) is -4.17. The zero-order chi connectivity index (χ0) is 13.9. The zero-order valence-corrected chi connectivity index (χ0v) is 10.6. The number of ether oxygens (including phenoxy) is 3. The Morgan fingerprint density at radius 1 is 1.32 bits per heavy atom. The Morgan fingerprint density at radius 3 is 2.68 bits per heavy atom. The molecule has 1 aromatic carbocycles. The van der Waals surface area contributed by atoms with Crippen LogP contribution < -0.4 is 14.9 Å². The molecule has 0 amide bonds. The second kappa shape index (κ2) is 5.73. The molecule has 1 aromatic rings. The Hall–Kier alpha value is -1.37. The molecule has 0 N–H and O–H groups in total. The van der Waals surface area contributed by atoms with Crippen LogP contribution in [-0.4, -0.2) is 33.4 Å². The molecule has 1 saturated heterocycles. The van der Waals surface area contributed by atoms with E-state index in [0.717, 1.165) is 12.5 Å². The van der Waals surface area contributed by atoms with Gasteiger partial charge in [0.1, 0.15) is 11.9 Å². The third-order valence-electron chi connectivity index (χ3n) is 2.98. The standard InChI is InChI=1S/C12H15BF3O3/c1-17-9-4-5-12(11(7-9)13(14,15)16)19-10-3-2-6-18-8-10/h4-5,7,10H,2-3,6,8H2,1H3/q-1. The van der Waals surface area contributed by atoms with Crippen molar-refractivity contribution in [3.63, 3.8) is 0 Å². The van der Waals surface area contributed by atoms with Crippen LogP contribution in [0.1, 0.15) is 12.8 Å². The highest BCUT2D eigenvalue weighted by molar-refractivity contribution is 6.74. The zero-order valence-electron chi connectivity index (χ0n) is 10.6. The average Bonchev–Trinajstić information content (AvgIpc) is 2.39. The van der Waals surface area contributed by atoms with Crippen molar-refractivity contribution in [1.29, 1.82) is 0 Å². The maximum Gasteiger partial charge on any atom is 0.513 e. The van der Waals surface area contributed by atoms with Gasteiger partial charge in [0.05, 0.1) is 19.5 Å². The Labute approximate surface area is 109 Å². The largest absolute Gasteiger partial charge is 0.513 e. The number of rotatable bonds is 4. The first kappa shape index (κ1) is 14.1. The number of hydrogen-bond donors (Lipinski definition) is 0. The van der Waals surface area contributed by atoms with E-state index >= 15 is 0 Å². The smallest absolute Gasteiger partial charge is 0.497 e. The van der Waals surface area contributed by atoms with E-state index in [0.29, 0.717) is 19.6 Å². The van der Waals surface area contributed by atoms with Gasteiger partial charge in [-0.2, -0.15) is 0 Å². The van der Waals surface area contributed by atoms with E-state index < -0.39 is 12.4 Å². The highest BCUT2D eigenvalue weighted by Crippen LogP contribution is 2.24. The average molecular weight is 275 g/mol. The number of methoxy groups -OCH3 is 1. The second-order valence-electron chi connectivity index (χ2n) is 4.44. The van der Waals surface area contributed by atoms with Crippen LogP contribution in [0.3, 0.4) is 0 Å². The Balaban J connectivity index is 2.23. The molecule has 1 fully saturated rings. The van der Waals surface area contributed by atoms with Crippen LogP contribution in [0.5, 0.6) is 11.5 Å². The minimum Gasteiger partial charge on any atom is -0.497 e. The first-order chi connectivity index (χ1) is 9.00. The monoisotopic (exact) mass is 275 g/mol. The quantitative estimate of drug-likeness (QED) is 0.789. The van der Waals surface area contributed by atoms with Crippen LogP contribution >= 0.6 is 0 Å². The van der Waals surface area contributed by atoms with Gasteiger partial charge in [-0.05, 0) is 31.0 Å². The van der Waals surface area contributed by atoms with Crippen LogP contribution in [0.25, 0.3) is 0 Å². The van der Waals surface area contributed by atoms with Crippen molar-refractivity contribution in [2.75, 3.05) is 20.3 Å². The Kier molecular flexibility index (Phi) is 4.24. The molecule has 1 heterocycles. The first-order valence-electron chi connectivity index (χ1n) is 6.13. The fourth-order valence-corrected chi connectivity index (χ4v) is 2.00. The van der Waals surface area contributed by atoms with Crippen molar-refractivity contribution in [1.82, 2.24) is 0 Å². The highest BCUT2D eigenvalue weighted by Gasteiger charge is 2.31. The predicted octanol–water partition coefficient (Wildman–Crippen LogP) is 2.31. The van der Waals surface area contributed by atoms with Crippen LogP contribution in [0.15, 0.2) is 18.2 Å². The molecule has 7 heteroatoms. The molecule has 1 aliphatic rings. The molecule has 106 valence electrons. The van der Waals surface area contributed by atoms with Gasteiger partial charge in [0.15, 0.2) is 0 Å². The van der Waals surface area contributed by atoms with Crippen LogP contribution in [-0.2, 0) is 4.74 Å². The van der Waals surface area contributed by atoms with E-state index in [4.69, 9.17) is 14.2 Å². The minimum atomic E-state index is -5.14. The van der Waals surface area contributed by atoms with E-state index in [1.807, 2.05) is 0 Å². The lowest BCUT2D eigenvalue weighted by Gasteiger charge is -2.27.